The Morgan fingerprint density at radius 1 is 1.38 bits per heavy atom. The van der Waals surface area contributed by atoms with Gasteiger partial charge in [0.2, 0.25) is 0 Å². The van der Waals surface area contributed by atoms with Crippen molar-refractivity contribution in [2.45, 2.75) is 36.6 Å². The lowest BCUT2D eigenvalue weighted by atomic mass is 9.97. The van der Waals surface area contributed by atoms with Crippen molar-refractivity contribution in [3.63, 3.8) is 0 Å². The third kappa shape index (κ3) is 5.07. The second-order valence-corrected chi connectivity index (χ2v) is 6.62. The molecule has 2 N–H and O–H groups in total. The number of carbonyl (C=O) groups is 1. The molecule has 2 aromatic heterocycles. The van der Waals surface area contributed by atoms with Gasteiger partial charge in [0.25, 0.3) is 5.97 Å². The van der Waals surface area contributed by atoms with Crippen LogP contribution in [0.3, 0.4) is 0 Å². The van der Waals surface area contributed by atoms with Gasteiger partial charge < -0.3 is 15.0 Å². The first-order chi connectivity index (χ1) is 11.5. The molecule has 9 heteroatoms. The number of aliphatic carboxylic acids is 1. The van der Waals surface area contributed by atoms with Crippen LogP contribution in [-0.4, -0.2) is 48.7 Å². The number of carboxylic acids is 1. The van der Waals surface area contributed by atoms with Crippen molar-refractivity contribution in [1.82, 2.24) is 29.9 Å². The number of piperidine rings is 1. The molecule has 3 heterocycles. The van der Waals surface area contributed by atoms with E-state index in [9.17, 15) is 0 Å². The molecule has 0 spiro atoms. The maximum atomic E-state index is 9.00. The van der Waals surface area contributed by atoms with Crippen LogP contribution < -0.4 is 5.32 Å². The minimum Gasteiger partial charge on any atom is -0.481 e. The average molecular weight is 352 g/mol. The lowest BCUT2D eigenvalue weighted by molar-refractivity contribution is -0.134. The molecule has 0 unspecified atom stereocenters. The van der Waals surface area contributed by atoms with Crippen LogP contribution in [0.1, 0.15) is 37.2 Å². The minimum atomic E-state index is -0.833. The van der Waals surface area contributed by atoms with Gasteiger partial charge in [-0.05, 0) is 32.0 Å². The predicted molar refractivity (Wildman–Crippen MR) is 91.9 cm³/mol. The Hall–Kier alpha value is -1.87. The molecule has 2 aromatic rings. The van der Waals surface area contributed by atoms with Crippen LogP contribution in [0, 0.1) is 0 Å². The Balaban J connectivity index is 0.000000471. The summed E-state index contributed by atoms with van der Waals surface area (Å²) >= 11 is 1.72. The van der Waals surface area contributed by atoms with E-state index in [0.717, 1.165) is 49.6 Å². The minimum absolute atomic E-state index is 0.541. The zero-order chi connectivity index (χ0) is 17.5. The standard InChI is InChI=1S/C13H20N6S.C2H4O2/c1-18-12(10-3-6-14-7-4-10)16-17-13(18)20-9-11-5-8-15-19(11)2;1-2(3)4/h5,8,10,14H,3-4,6-7,9H2,1-2H3;1H3,(H,3,4). The van der Waals surface area contributed by atoms with Crippen LogP contribution in [0.15, 0.2) is 17.4 Å². The topological polar surface area (TPSA) is 97.9 Å². The number of nitrogens with zero attached hydrogens (tertiary/aromatic N) is 5. The summed E-state index contributed by atoms with van der Waals surface area (Å²) in [5.74, 6) is 1.70. The fraction of sp³-hybridized carbons (Fsp3) is 0.600. The summed E-state index contributed by atoms with van der Waals surface area (Å²) in [4.78, 5) is 9.00. The smallest absolute Gasteiger partial charge is 0.300 e. The largest absolute Gasteiger partial charge is 0.481 e. The van der Waals surface area contributed by atoms with E-state index in [1.807, 2.05) is 24.0 Å². The molecule has 1 aliphatic heterocycles. The zero-order valence-corrected chi connectivity index (χ0v) is 15.1. The third-order valence-corrected chi connectivity index (χ3v) is 4.90. The number of carboxylic acid groups (broad SMARTS) is 1. The maximum Gasteiger partial charge on any atom is 0.300 e. The molecule has 8 nitrogen and oxygen atoms in total. The summed E-state index contributed by atoms with van der Waals surface area (Å²) in [7, 11) is 4.04. The molecule has 0 amide bonds. The molecule has 24 heavy (non-hydrogen) atoms. The van der Waals surface area contributed by atoms with Crippen molar-refractivity contribution in [2.75, 3.05) is 13.1 Å². The first-order valence-electron chi connectivity index (χ1n) is 7.88. The van der Waals surface area contributed by atoms with Gasteiger partial charge in [-0.3, -0.25) is 9.48 Å². The van der Waals surface area contributed by atoms with Gasteiger partial charge in [0.15, 0.2) is 5.16 Å². The van der Waals surface area contributed by atoms with Gasteiger partial charge in [-0.2, -0.15) is 5.10 Å². The Kier molecular flexibility index (Phi) is 6.80. The Labute approximate surface area is 145 Å². The van der Waals surface area contributed by atoms with E-state index >= 15 is 0 Å². The summed E-state index contributed by atoms with van der Waals surface area (Å²) in [6, 6.07) is 2.04. The summed E-state index contributed by atoms with van der Waals surface area (Å²) in [6.07, 6.45) is 4.13. The SMILES string of the molecule is CC(=O)O.Cn1nccc1CSc1nnc(C2CCNCC2)n1C. The summed E-state index contributed by atoms with van der Waals surface area (Å²) < 4.78 is 4.05. The molecule has 1 saturated heterocycles. The molecule has 0 radical (unpaired) electrons. The average Bonchev–Trinajstić information content (AvgIpc) is 3.11. The fourth-order valence-electron chi connectivity index (χ4n) is 2.57. The molecule has 0 bridgehead atoms. The lowest BCUT2D eigenvalue weighted by Gasteiger charge is -2.21. The van der Waals surface area contributed by atoms with E-state index in [1.54, 1.807) is 11.8 Å². The number of hydrogen-bond donors (Lipinski definition) is 2. The summed E-state index contributed by atoms with van der Waals surface area (Å²) in [5.41, 5.74) is 1.20. The number of rotatable bonds is 4. The number of aryl methyl sites for hydroxylation is 1. The van der Waals surface area contributed by atoms with Gasteiger partial charge in [0.1, 0.15) is 5.82 Å². The normalized spacial score (nSPS) is 15.0. The van der Waals surface area contributed by atoms with Crippen molar-refractivity contribution >= 4 is 17.7 Å². The monoisotopic (exact) mass is 352 g/mol. The van der Waals surface area contributed by atoms with Gasteiger partial charge >= 0.3 is 0 Å². The molecular formula is C15H24N6O2S. The summed E-state index contributed by atoms with van der Waals surface area (Å²) in [6.45, 7) is 3.24. The highest BCUT2D eigenvalue weighted by Crippen LogP contribution is 2.27. The lowest BCUT2D eigenvalue weighted by Crippen LogP contribution is -2.27. The molecule has 0 saturated carbocycles. The highest BCUT2D eigenvalue weighted by molar-refractivity contribution is 7.98. The molecule has 0 atom stereocenters. The molecule has 0 aliphatic carbocycles. The molecule has 3 rings (SSSR count). The van der Waals surface area contributed by atoms with E-state index in [4.69, 9.17) is 9.90 Å². The molecular weight excluding hydrogens is 328 g/mol. The van der Waals surface area contributed by atoms with E-state index in [1.165, 1.54) is 5.69 Å². The highest BCUT2D eigenvalue weighted by atomic mass is 32.2. The maximum absolute atomic E-state index is 9.00. The fourth-order valence-corrected chi connectivity index (χ4v) is 3.51. The van der Waals surface area contributed by atoms with Gasteiger partial charge in [-0.1, -0.05) is 11.8 Å². The van der Waals surface area contributed by atoms with Crippen LogP contribution in [-0.2, 0) is 24.6 Å². The second-order valence-electron chi connectivity index (χ2n) is 5.68. The Morgan fingerprint density at radius 3 is 2.62 bits per heavy atom. The van der Waals surface area contributed by atoms with Crippen LogP contribution >= 0.6 is 11.8 Å². The van der Waals surface area contributed by atoms with Crippen LogP contribution in [0.25, 0.3) is 0 Å². The first kappa shape index (κ1) is 18.5. The Morgan fingerprint density at radius 2 is 2.04 bits per heavy atom. The van der Waals surface area contributed by atoms with Gasteiger partial charge in [-0.25, -0.2) is 0 Å². The second kappa shape index (κ2) is 8.84. The highest BCUT2D eigenvalue weighted by Gasteiger charge is 2.21. The van der Waals surface area contributed by atoms with E-state index in [2.05, 4.69) is 32.2 Å². The predicted octanol–water partition coefficient (Wildman–Crippen LogP) is 1.40. The Bertz CT molecular complexity index is 659. The molecule has 1 fully saturated rings. The molecule has 132 valence electrons. The summed E-state index contributed by atoms with van der Waals surface area (Å²) in [5, 5.41) is 24.7. The number of aromatic nitrogens is 5. The number of thioether (sulfide) groups is 1. The van der Waals surface area contributed by atoms with Crippen LogP contribution in [0.2, 0.25) is 0 Å². The van der Waals surface area contributed by atoms with Gasteiger partial charge in [0, 0.05) is 44.6 Å². The quantitative estimate of drug-likeness (QED) is 0.803. The van der Waals surface area contributed by atoms with Crippen molar-refractivity contribution in [1.29, 1.82) is 0 Å². The van der Waals surface area contributed by atoms with Crippen molar-refractivity contribution in [3.05, 3.63) is 23.8 Å². The van der Waals surface area contributed by atoms with Crippen molar-refractivity contribution in [2.24, 2.45) is 14.1 Å². The number of hydrogen-bond acceptors (Lipinski definition) is 6. The van der Waals surface area contributed by atoms with Gasteiger partial charge in [0.05, 0.1) is 0 Å². The third-order valence-electron chi connectivity index (χ3n) is 3.84. The molecule has 1 aliphatic rings. The van der Waals surface area contributed by atoms with E-state index in [0.29, 0.717) is 5.92 Å². The van der Waals surface area contributed by atoms with Crippen molar-refractivity contribution < 1.29 is 9.90 Å². The molecule has 0 aromatic carbocycles. The zero-order valence-electron chi connectivity index (χ0n) is 14.3. The van der Waals surface area contributed by atoms with E-state index in [-0.39, 0.29) is 0 Å². The van der Waals surface area contributed by atoms with Gasteiger partial charge in [-0.15, -0.1) is 10.2 Å². The first-order valence-corrected chi connectivity index (χ1v) is 8.86. The number of nitrogens with one attached hydrogen (secondary N) is 1. The van der Waals surface area contributed by atoms with Crippen LogP contribution in [0.5, 0.6) is 0 Å². The van der Waals surface area contributed by atoms with Crippen molar-refractivity contribution in [3.8, 4) is 0 Å². The van der Waals surface area contributed by atoms with E-state index < -0.39 is 5.97 Å². The van der Waals surface area contributed by atoms with Crippen LogP contribution in [0.4, 0.5) is 0 Å².